The molecule has 3 aromatic rings. The SMILES string of the molecule is Cc1occc1-c1nnc(SCC(=O)NC(=O)c2cccs2)o1. The zero-order chi connectivity index (χ0) is 16.2. The van der Waals surface area contributed by atoms with Gasteiger partial charge in [-0.15, -0.1) is 21.5 Å². The number of carbonyl (C=O) groups is 2. The maximum absolute atomic E-state index is 11.8. The van der Waals surface area contributed by atoms with Crippen LogP contribution < -0.4 is 5.32 Å². The van der Waals surface area contributed by atoms with Crippen molar-refractivity contribution in [3.63, 3.8) is 0 Å². The average molecular weight is 349 g/mol. The number of rotatable bonds is 5. The van der Waals surface area contributed by atoms with Gasteiger partial charge in [0, 0.05) is 0 Å². The lowest BCUT2D eigenvalue weighted by molar-refractivity contribution is -0.117. The Morgan fingerprint density at radius 2 is 2.22 bits per heavy atom. The fourth-order valence-corrected chi connectivity index (χ4v) is 2.93. The first kappa shape index (κ1) is 15.5. The van der Waals surface area contributed by atoms with Crippen LogP contribution in [0.3, 0.4) is 0 Å². The van der Waals surface area contributed by atoms with E-state index in [4.69, 9.17) is 8.83 Å². The molecule has 2 amide bonds. The lowest BCUT2D eigenvalue weighted by atomic mass is 10.3. The lowest BCUT2D eigenvalue weighted by Crippen LogP contribution is -2.31. The molecule has 9 heteroatoms. The fraction of sp³-hybridized carbons (Fsp3) is 0.143. The molecule has 3 heterocycles. The number of furan rings is 1. The topological polar surface area (TPSA) is 98.2 Å². The van der Waals surface area contributed by atoms with Crippen LogP contribution in [0.15, 0.2) is 43.9 Å². The average Bonchev–Trinajstić information content (AvgIpc) is 3.26. The molecule has 0 aliphatic heterocycles. The molecular formula is C14H11N3O4S2. The third kappa shape index (κ3) is 3.69. The predicted octanol–water partition coefficient (Wildman–Crippen LogP) is 2.75. The molecule has 3 rings (SSSR count). The molecule has 1 N–H and O–H groups in total. The number of hydrogen-bond donors (Lipinski definition) is 1. The van der Waals surface area contributed by atoms with Gasteiger partial charge in [0.1, 0.15) is 5.76 Å². The second-order valence-electron chi connectivity index (χ2n) is 4.41. The number of amides is 2. The summed E-state index contributed by atoms with van der Waals surface area (Å²) >= 11 is 2.33. The summed E-state index contributed by atoms with van der Waals surface area (Å²) in [6.07, 6.45) is 1.53. The number of imide groups is 1. The summed E-state index contributed by atoms with van der Waals surface area (Å²) in [5.74, 6) is 0.167. The van der Waals surface area contributed by atoms with E-state index in [1.54, 1.807) is 30.5 Å². The smallest absolute Gasteiger partial charge is 0.277 e. The first-order valence-electron chi connectivity index (χ1n) is 6.52. The van der Waals surface area contributed by atoms with Gasteiger partial charge in [0.05, 0.1) is 22.5 Å². The number of thiophene rings is 1. The van der Waals surface area contributed by atoms with E-state index >= 15 is 0 Å². The summed E-state index contributed by atoms with van der Waals surface area (Å²) < 4.78 is 10.6. The number of thioether (sulfide) groups is 1. The molecule has 118 valence electrons. The van der Waals surface area contributed by atoms with Crippen molar-refractivity contribution in [2.75, 3.05) is 5.75 Å². The van der Waals surface area contributed by atoms with Crippen molar-refractivity contribution in [3.05, 3.63) is 40.5 Å². The zero-order valence-electron chi connectivity index (χ0n) is 11.9. The molecule has 0 saturated heterocycles. The van der Waals surface area contributed by atoms with E-state index in [9.17, 15) is 9.59 Å². The minimum Gasteiger partial charge on any atom is -0.469 e. The fourth-order valence-electron chi connectivity index (χ4n) is 1.74. The minimum absolute atomic E-state index is 0.00309. The quantitative estimate of drug-likeness (QED) is 0.707. The molecule has 0 saturated carbocycles. The van der Waals surface area contributed by atoms with E-state index in [0.29, 0.717) is 22.1 Å². The van der Waals surface area contributed by atoms with Crippen LogP contribution in [0.1, 0.15) is 15.4 Å². The Hall–Kier alpha value is -2.39. The molecule has 3 aromatic heterocycles. The second-order valence-corrected chi connectivity index (χ2v) is 6.28. The van der Waals surface area contributed by atoms with Crippen LogP contribution in [-0.4, -0.2) is 27.8 Å². The van der Waals surface area contributed by atoms with Crippen LogP contribution in [0.2, 0.25) is 0 Å². The number of carbonyl (C=O) groups excluding carboxylic acids is 2. The zero-order valence-corrected chi connectivity index (χ0v) is 13.6. The molecule has 0 radical (unpaired) electrons. The molecule has 0 aliphatic rings. The minimum atomic E-state index is -0.423. The van der Waals surface area contributed by atoms with Gasteiger partial charge in [-0.25, -0.2) is 0 Å². The van der Waals surface area contributed by atoms with Gasteiger partial charge in [0.15, 0.2) is 0 Å². The van der Waals surface area contributed by atoms with Crippen LogP contribution >= 0.6 is 23.1 Å². The van der Waals surface area contributed by atoms with Gasteiger partial charge in [0.25, 0.3) is 17.0 Å². The van der Waals surface area contributed by atoms with Gasteiger partial charge < -0.3 is 8.83 Å². The van der Waals surface area contributed by atoms with Crippen molar-refractivity contribution in [1.29, 1.82) is 0 Å². The highest BCUT2D eigenvalue weighted by Crippen LogP contribution is 2.26. The van der Waals surface area contributed by atoms with Crippen molar-refractivity contribution < 1.29 is 18.4 Å². The summed E-state index contributed by atoms with van der Waals surface area (Å²) in [6, 6.07) is 5.12. The second kappa shape index (κ2) is 6.80. The number of aromatic nitrogens is 2. The van der Waals surface area contributed by atoms with Crippen molar-refractivity contribution in [2.24, 2.45) is 0 Å². The monoisotopic (exact) mass is 349 g/mol. The highest BCUT2D eigenvalue weighted by molar-refractivity contribution is 7.99. The van der Waals surface area contributed by atoms with Gasteiger partial charge in [0.2, 0.25) is 5.91 Å². The third-order valence-electron chi connectivity index (χ3n) is 2.82. The molecule has 0 fully saturated rings. The molecule has 7 nitrogen and oxygen atoms in total. The largest absolute Gasteiger partial charge is 0.469 e. The van der Waals surface area contributed by atoms with Crippen LogP contribution in [0.4, 0.5) is 0 Å². The first-order chi connectivity index (χ1) is 11.1. The van der Waals surface area contributed by atoms with Crippen LogP contribution in [0, 0.1) is 6.92 Å². The van der Waals surface area contributed by atoms with Crippen molar-refractivity contribution in [1.82, 2.24) is 15.5 Å². The molecule has 0 aromatic carbocycles. The standard InChI is InChI=1S/C14H11N3O4S2/c1-8-9(4-5-20-8)13-16-17-14(21-13)23-7-11(18)15-12(19)10-3-2-6-22-10/h2-6H,7H2,1H3,(H,15,18,19). The predicted molar refractivity (Wildman–Crippen MR) is 84.3 cm³/mol. The van der Waals surface area contributed by atoms with E-state index in [0.717, 1.165) is 11.8 Å². The third-order valence-corrected chi connectivity index (χ3v) is 4.51. The summed E-state index contributed by atoms with van der Waals surface area (Å²) in [5, 5.41) is 12.1. The molecule has 0 unspecified atom stereocenters. The summed E-state index contributed by atoms with van der Waals surface area (Å²) in [5.41, 5.74) is 0.710. The Bertz CT molecular complexity index is 823. The maximum Gasteiger partial charge on any atom is 0.277 e. The van der Waals surface area contributed by atoms with Gasteiger partial charge >= 0.3 is 0 Å². The Morgan fingerprint density at radius 1 is 1.35 bits per heavy atom. The number of aryl methyl sites for hydroxylation is 1. The first-order valence-corrected chi connectivity index (χ1v) is 8.38. The van der Waals surface area contributed by atoms with Crippen molar-refractivity contribution in [2.45, 2.75) is 12.1 Å². The molecule has 0 bridgehead atoms. The van der Waals surface area contributed by atoms with E-state index in [1.165, 1.54) is 17.6 Å². The van der Waals surface area contributed by atoms with Crippen LogP contribution in [0.5, 0.6) is 0 Å². The van der Waals surface area contributed by atoms with Gasteiger partial charge in [-0.05, 0) is 24.4 Å². The Balaban J connectivity index is 1.54. The van der Waals surface area contributed by atoms with Gasteiger partial charge in [-0.3, -0.25) is 14.9 Å². The highest BCUT2D eigenvalue weighted by Gasteiger charge is 2.16. The number of hydrogen-bond acceptors (Lipinski definition) is 8. The van der Waals surface area contributed by atoms with E-state index in [2.05, 4.69) is 15.5 Å². The number of nitrogens with one attached hydrogen (secondary N) is 1. The normalized spacial score (nSPS) is 10.7. The van der Waals surface area contributed by atoms with Gasteiger partial charge in [-0.1, -0.05) is 17.8 Å². The lowest BCUT2D eigenvalue weighted by Gasteiger charge is -2.00. The summed E-state index contributed by atoms with van der Waals surface area (Å²) in [4.78, 5) is 24.0. The van der Waals surface area contributed by atoms with Crippen molar-refractivity contribution >= 4 is 34.9 Å². The van der Waals surface area contributed by atoms with E-state index in [-0.39, 0.29) is 11.0 Å². The van der Waals surface area contributed by atoms with Crippen LogP contribution in [0.25, 0.3) is 11.5 Å². The molecule has 0 atom stereocenters. The van der Waals surface area contributed by atoms with Crippen molar-refractivity contribution in [3.8, 4) is 11.5 Å². The summed E-state index contributed by atoms with van der Waals surface area (Å²) in [7, 11) is 0. The molecule has 0 aliphatic carbocycles. The Labute approximate surface area is 139 Å². The van der Waals surface area contributed by atoms with Crippen LogP contribution in [-0.2, 0) is 4.79 Å². The number of nitrogens with zero attached hydrogens (tertiary/aromatic N) is 2. The maximum atomic E-state index is 11.8. The van der Waals surface area contributed by atoms with E-state index < -0.39 is 11.8 Å². The summed E-state index contributed by atoms with van der Waals surface area (Å²) in [6.45, 7) is 1.79. The molecule has 0 spiro atoms. The molecule has 23 heavy (non-hydrogen) atoms. The molecular weight excluding hydrogens is 338 g/mol. The van der Waals surface area contributed by atoms with E-state index in [1.807, 2.05) is 0 Å². The highest BCUT2D eigenvalue weighted by atomic mass is 32.2. The Kier molecular flexibility index (Phi) is 4.58. The van der Waals surface area contributed by atoms with Gasteiger partial charge in [-0.2, -0.15) is 0 Å². The Morgan fingerprint density at radius 3 is 2.91 bits per heavy atom.